The van der Waals surface area contributed by atoms with Gasteiger partial charge in [-0.1, -0.05) is 7.43 Å². The van der Waals surface area contributed by atoms with Crippen molar-refractivity contribution in [1.82, 2.24) is 0 Å². The number of benzene rings is 2. The first kappa shape index (κ1) is 29.4. The van der Waals surface area contributed by atoms with Crippen molar-refractivity contribution < 1.29 is 45.1 Å². The number of allylic oxidation sites excluding steroid dienone is 4. The van der Waals surface area contributed by atoms with E-state index in [1.807, 2.05) is 0 Å². The molecule has 2 aromatic rings. The van der Waals surface area contributed by atoms with E-state index in [4.69, 9.17) is 0 Å². The minimum Gasteiger partial charge on any atom is -1.00 e. The van der Waals surface area contributed by atoms with Gasteiger partial charge in [0.1, 0.15) is 0 Å². The third-order valence-corrected chi connectivity index (χ3v) is 17.1. The second-order valence-corrected chi connectivity index (χ2v) is 23.0. The zero-order chi connectivity index (χ0) is 21.2. The number of halogens is 2. The van der Waals surface area contributed by atoms with E-state index in [-0.39, 0.29) is 43.1 Å². The van der Waals surface area contributed by atoms with Crippen molar-refractivity contribution in [3.05, 3.63) is 80.2 Å². The van der Waals surface area contributed by atoms with Crippen LogP contribution in [0.3, 0.4) is 0 Å². The molecule has 3 heteroatoms. The van der Waals surface area contributed by atoms with E-state index in [2.05, 4.69) is 105 Å². The van der Waals surface area contributed by atoms with E-state index in [0.717, 1.165) is 0 Å². The molecule has 0 nitrogen and oxygen atoms in total. The van der Waals surface area contributed by atoms with E-state index in [1.165, 1.54) is 28.7 Å². The van der Waals surface area contributed by atoms with Crippen LogP contribution in [0.15, 0.2) is 57.9 Å². The average molecular weight is 551 g/mol. The SMILES string of the molecule is C.CC(C)(C)c1ccc2c(c1)[CH]([Zr+2]([CH3])([CH3])[C]1=CC=CC1)c1cc(C(C)(C)C)ccc1-2.[Cl-].[Cl-]. The Labute approximate surface area is 214 Å². The van der Waals surface area contributed by atoms with E-state index < -0.39 is 20.3 Å². The fourth-order valence-corrected chi connectivity index (χ4v) is 13.9. The molecular formula is C29H40Cl2Zr. The van der Waals surface area contributed by atoms with Gasteiger partial charge in [-0.05, 0) is 0 Å². The summed E-state index contributed by atoms with van der Waals surface area (Å²) in [5, 5.41) is 0. The largest absolute Gasteiger partial charge is 1.00 e. The van der Waals surface area contributed by atoms with Gasteiger partial charge in [-0.25, -0.2) is 0 Å². The third-order valence-electron chi connectivity index (χ3n) is 7.07. The Morgan fingerprint density at radius 2 is 1.19 bits per heavy atom. The molecule has 32 heavy (non-hydrogen) atoms. The molecule has 0 fully saturated rings. The van der Waals surface area contributed by atoms with Crippen LogP contribution in [0.25, 0.3) is 11.1 Å². The van der Waals surface area contributed by atoms with Crippen molar-refractivity contribution >= 4 is 0 Å². The number of hydrogen-bond donors (Lipinski definition) is 0. The average Bonchev–Trinajstić information content (AvgIpc) is 3.26. The van der Waals surface area contributed by atoms with Crippen LogP contribution in [0.2, 0.25) is 9.26 Å². The van der Waals surface area contributed by atoms with Gasteiger partial charge in [-0.3, -0.25) is 0 Å². The van der Waals surface area contributed by atoms with Crippen molar-refractivity contribution in [2.24, 2.45) is 0 Å². The fraction of sp³-hybridized carbons (Fsp3) is 0.448. The molecule has 0 spiro atoms. The number of rotatable bonds is 2. The molecule has 0 saturated carbocycles. The topological polar surface area (TPSA) is 0 Å². The summed E-state index contributed by atoms with van der Waals surface area (Å²) in [5.41, 5.74) is 9.46. The minimum atomic E-state index is -2.62. The molecule has 0 aliphatic heterocycles. The third kappa shape index (κ3) is 5.06. The van der Waals surface area contributed by atoms with Crippen molar-refractivity contribution in [3.8, 4) is 11.1 Å². The van der Waals surface area contributed by atoms with Crippen molar-refractivity contribution in [1.29, 1.82) is 0 Å². The van der Waals surface area contributed by atoms with Crippen LogP contribution in [0, 0.1) is 0 Å². The number of hydrogen-bond acceptors (Lipinski definition) is 0. The molecule has 0 radical (unpaired) electrons. The Morgan fingerprint density at radius 3 is 1.53 bits per heavy atom. The van der Waals surface area contributed by atoms with Gasteiger partial charge in [0, 0.05) is 0 Å². The summed E-state index contributed by atoms with van der Waals surface area (Å²) < 4.78 is 7.67. The monoisotopic (exact) mass is 548 g/mol. The maximum absolute atomic E-state index is 2.66. The van der Waals surface area contributed by atoms with Crippen molar-refractivity contribution in [3.63, 3.8) is 0 Å². The van der Waals surface area contributed by atoms with Crippen LogP contribution >= 0.6 is 0 Å². The Bertz CT molecular complexity index is 967. The summed E-state index contributed by atoms with van der Waals surface area (Å²) >= 11 is -2.62. The van der Waals surface area contributed by atoms with Crippen LogP contribution in [-0.2, 0) is 31.1 Å². The summed E-state index contributed by atoms with van der Waals surface area (Å²) in [7, 11) is 0. The van der Waals surface area contributed by atoms with Gasteiger partial charge < -0.3 is 24.8 Å². The van der Waals surface area contributed by atoms with Gasteiger partial charge in [-0.2, -0.15) is 0 Å². The molecule has 174 valence electrons. The Morgan fingerprint density at radius 1 is 0.750 bits per heavy atom. The van der Waals surface area contributed by atoms with Gasteiger partial charge in [0.15, 0.2) is 0 Å². The minimum absolute atomic E-state index is 0. The predicted molar refractivity (Wildman–Crippen MR) is 131 cm³/mol. The molecule has 0 heterocycles. The quantitative estimate of drug-likeness (QED) is 0.539. The van der Waals surface area contributed by atoms with Gasteiger partial charge >= 0.3 is 183 Å². The Kier molecular flexibility index (Phi) is 9.13. The normalized spacial score (nSPS) is 14.7. The van der Waals surface area contributed by atoms with E-state index >= 15 is 0 Å². The molecule has 0 bridgehead atoms. The summed E-state index contributed by atoms with van der Waals surface area (Å²) in [6.07, 6.45) is 8.24. The summed E-state index contributed by atoms with van der Waals surface area (Å²) in [6, 6.07) is 14.7. The Hall–Kier alpha value is -0.617. The molecule has 2 aliphatic carbocycles. The van der Waals surface area contributed by atoms with E-state index in [1.54, 1.807) is 14.4 Å². The van der Waals surface area contributed by atoms with Gasteiger partial charge in [0.25, 0.3) is 0 Å². The molecule has 0 saturated heterocycles. The standard InChI is InChI=1S/C21H25.C5H5.CH4.2CH3.2ClH.Zr/c1-20(2,3)16-7-9-18-14(12-16)11-15-13-17(21(4,5)6)8-10-19(15)18;1-2-4-5-3-1;;;;;;/h7-13H,1-6H3;1-3H,4H2;1H4;2*1H3;2*1H;/q;;;;;;;+2/p-2. The summed E-state index contributed by atoms with van der Waals surface area (Å²) in [5.74, 6) is 0. The fourth-order valence-electron chi connectivity index (χ4n) is 5.08. The first-order valence-electron chi connectivity index (χ1n) is 11.1. The molecule has 0 aromatic heterocycles. The second-order valence-electron chi connectivity index (χ2n) is 11.6. The zero-order valence-corrected chi connectivity index (χ0v) is 24.2. The molecule has 2 aliphatic rings. The summed E-state index contributed by atoms with van der Waals surface area (Å²) in [4.78, 5) is 0. The van der Waals surface area contributed by atoms with Gasteiger partial charge in [0.05, 0.1) is 0 Å². The number of fused-ring (bicyclic) bond motifs is 3. The van der Waals surface area contributed by atoms with Crippen LogP contribution < -0.4 is 24.8 Å². The molecule has 4 rings (SSSR count). The molecule has 0 unspecified atom stereocenters. The smallest absolute Gasteiger partial charge is 1.00 e. The zero-order valence-electron chi connectivity index (χ0n) is 20.2. The van der Waals surface area contributed by atoms with Crippen LogP contribution in [0.1, 0.15) is 81.3 Å². The molecule has 0 N–H and O–H groups in total. The van der Waals surface area contributed by atoms with Gasteiger partial charge in [0.2, 0.25) is 0 Å². The van der Waals surface area contributed by atoms with E-state index in [0.29, 0.717) is 3.63 Å². The van der Waals surface area contributed by atoms with Gasteiger partial charge in [-0.15, -0.1) is 0 Å². The maximum Gasteiger partial charge on any atom is -1.00 e. The summed E-state index contributed by atoms with van der Waals surface area (Å²) in [6.45, 7) is 14.0. The van der Waals surface area contributed by atoms with Crippen molar-refractivity contribution in [2.75, 3.05) is 0 Å². The van der Waals surface area contributed by atoms with E-state index in [9.17, 15) is 0 Å². The maximum atomic E-state index is 2.66. The first-order chi connectivity index (χ1) is 13.4. The molecule has 0 amide bonds. The Balaban J connectivity index is 0.00000171. The van der Waals surface area contributed by atoms with Crippen LogP contribution in [-0.4, -0.2) is 0 Å². The molecule has 0 atom stereocenters. The molecular weight excluding hydrogens is 510 g/mol. The molecule has 2 aromatic carbocycles. The first-order valence-corrected chi connectivity index (χ1v) is 18.6. The van der Waals surface area contributed by atoms with Crippen LogP contribution in [0.5, 0.6) is 0 Å². The van der Waals surface area contributed by atoms with Crippen molar-refractivity contribution in [2.45, 2.75) is 79.1 Å². The second kappa shape index (κ2) is 9.94. The van der Waals surface area contributed by atoms with Crippen LogP contribution in [0.4, 0.5) is 0 Å². The predicted octanol–water partition coefficient (Wildman–Crippen LogP) is 3.09.